The Labute approximate surface area is 205 Å². The number of hydrogen-bond donors (Lipinski definition) is 2. The molecular formula is C28H27FN2O3S. The average Bonchev–Trinajstić information content (AvgIpc) is 2.86. The lowest BCUT2D eigenvalue weighted by Gasteiger charge is -2.26. The maximum absolute atomic E-state index is 13.8. The quantitative estimate of drug-likeness (QED) is 0.313. The van der Waals surface area contributed by atoms with Crippen LogP contribution in [0.5, 0.6) is 0 Å². The average molecular weight is 491 g/mol. The first-order valence-electron chi connectivity index (χ1n) is 11.3. The van der Waals surface area contributed by atoms with Crippen molar-refractivity contribution in [2.24, 2.45) is 0 Å². The van der Waals surface area contributed by atoms with E-state index in [1.54, 1.807) is 54.6 Å². The fourth-order valence-corrected chi connectivity index (χ4v) is 5.41. The van der Waals surface area contributed by atoms with Crippen LogP contribution in [0.25, 0.3) is 11.1 Å². The first-order chi connectivity index (χ1) is 16.8. The molecule has 7 heteroatoms. The van der Waals surface area contributed by atoms with Crippen LogP contribution in [0, 0.1) is 5.82 Å². The molecule has 180 valence electrons. The van der Waals surface area contributed by atoms with Gasteiger partial charge in [-0.15, -0.1) is 0 Å². The van der Waals surface area contributed by atoms with E-state index in [0.29, 0.717) is 28.9 Å². The van der Waals surface area contributed by atoms with Crippen LogP contribution in [0.2, 0.25) is 0 Å². The Kier molecular flexibility index (Phi) is 7.48. The first kappa shape index (κ1) is 24.4. The van der Waals surface area contributed by atoms with Gasteiger partial charge in [0.05, 0.1) is 16.7 Å². The molecule has 1 unspecified atom stereocenters. The molecule has 4 aromatic carbocycles. The second-order valence-electron chi connectivity index (χ2n) is 8.34. The molecule has 0 aliphatic heterocycles. The van der Waals surface area contributed by atoms with Crippen LogP contribution in [0.3, 0.4) is 0 Å². The molecule has 0 aliphatic rings. The minimum absolute atomic E-state index is 0.0844. The summed E-state index contributed by atoms with van der Waals surface area (Å²) in [5.41, 5.74) is 9.14. The highest BCUT2D eigenvalue weighted by Gasteiger charge is 2.26. The van der Waals surface area contributed by atoms with Gasteiger partial charge in [-0.25, -0.2) is 12.8 Å². The highest BCUT2D eigenvalue weighted by atomic mass is 32.2. The van der Waals surface area contributed by atoms with Gasteiger partial charge in [-0.1, -0.05) is 54.6 Å². The number of nitrogens with two attached hydrogens (primary N) is 1. The van der Waals surface area contributed by atoms with Crippen LogP contribution in [0.15, 0.2) is 108 Å². The number of aliphatic hydroxyl groups is 1. The molecule has 0 heterocycles. The highest BCUT2D eigenvalue weighted by Crippen LogP contribution is 2.28. The Bertz CT molecular complexity index is 1360. The fourth-order valence-electron chi connectivity index (χ4n) is 3.89. The van der Waals surface area contributed by atoms with Crippen LogP contribution in [0.4, 0.5) is 15.8 Å². The summed E-state index contributed by atoms with van der Waals surface area (Å²) in [6.07, 6.45) is -0.0402. The molecule has 4 rings (SSSR count). The Morgan fingerprint density at radius 3 is 2.20 bits per heavy atom. The standard InChI is InChI=1S/C28H27FN2O3S/c29-24-11-9-22(10-12-24)23-7-4-8-28(20-23)35(33,34)31(26-15-13-25(30)14-16-26)18-17-27(32)19-21-5-2-1-3-6-21/h1-16,20,27,32H,17-19,30H2. The van der Waals surface area contributed by atoms with Crippen molar-refractivity contribution in [2.75, 3.05) is 16.6 Å². The number of anilines is 2. The number of sulfonamides is 1. The second kappa shape index (κ2) is 10.7. The van der Waals surface area contributed by atoms with Crippen LogP contribution >= 0.6 is 0 Å². The summed E-state index contributed by atoms with van der Waals surface area (Å²) >= 11 is 0. The summed E-state index contributed by atoms with van der Waals surface area (Å²) in [7, 11) is -3.97. The normalized spacial score (nSPS) is 12.3. The third kappa shape index (κ3) is 6.07. The van der Waals surface area contributed by atoms with Crippen LogP contribution in [-0.2, 0) is 16.4 Å². The van der Waals surface area contributed by atoms with E-state index in [1.165, 1.54) is 22.5 Å². The number of aliphatic hydroxyl groups excluding tert-OH is 1. The lowest BCUT2D eigenvalue weighted by atomic mass is 10.1. The number of nitrogen functional groups attached to an aromatic ring is 1. The fraction of sp³-hybridized carbons (Fsp3) is 0.143. The number of hydrogen-bond acceptors (Lipinski definition) is 4. The summed E-state index contributed by atoms with van der Waals surface area (Å²) in [6, 6.07) is 28.6. The molecule has 0 amide bonds. The van der Waals surface area contributed by atoms with E-state index in [1.807, 2.05) is 30.3 Å². The molecule has 5 nitrogen and oxygen atoms in total. The molecule has 35 heavy (non-hydrogen) atoms. The van der Waals surface area contributed by atoms with Crippen LogP contribution in [-0.4, -0.2) is 26.2 Å². The summed E-state index contributed by atoms with van der Waals surface area (Å²) in [5, 5.41) is 10.6. The molecule has 0 fully saturated rings. The predicted octanol–water partition coefficient (Wildman–Crippen LogP) is 5.26. The van der Waals surface area contributed by atoms with Crippen molar-refractivity contribution in [3.05, 3.63) is 115 Å². The van der Waals surface area contributed by atoms with Crippen molar-refractivity contribution in [2.45, 2.75) is 23.8 Å². The van der Waals surface area contributed by atoms with E-state index >= 15 is 0 Å². The molecule has 0 saturated carbocycles. The molecular weight excluding hydrogens is 463 g/mol. The number of halogens is 1. The Morgan fingerprint density at radius 1 is 0.829 bits per heavy atom. The molecule has 0 bridgehead atoms. The van der Waals surface area contributed by atoms with Gasteiger partial charge in [0.1, 0.15) is 5.82 Å². The zero-order valence-electron chi connectivity index (χ0n) is 19.1. The van der Waals surface area contributed by atoms with E-state index in [-0.39, 0.29) is 23.7 Å². The lowest BCUT2D eigenvalue weighted by Crippen LogP contribution is -2.34. The van der Waals surface area contributed by atoms with Gasteiger partial charge in [0.15, 0.2) is 0 Å². The van der Waals surface area contributed by atoms with E-state index in [0.717, 1.165) is 5.56 Å². The maximum atomic E-state index is 13.8. The summed E-state index contributed by atoms with van der Waals surface area (Å²) in [6.45, 7) is 0.0844. The third-order valence-electron chi connectivity index (χ3n) is 5.76. The van der Waals surface area contributed by atoms with Crippen molar-refractivity contribution in [1.82, 2.24) is 0 Å². The zero-order valence-corrected chi connectivity index (χ0v) is 19.9. The molecule has 4 aromatic rings. The SMILES string of the molecule is Nc1ccc(N(CCC(O)Cc2ccccc2)S(=O)(=O)c2cccc(-c3ccc(F)cc3)c2)cc1. The van der Waals surface area contributed by atoms with Gasteiger partial charge in [0.25, 0.3) is 10.0 Å². The highest BCUT2D eigenvalue weighted by molar-refractivity contribution is 7.92. The van der Waals surface area contributed by atoms with Crippen molar-refractivity contribution in [3.8, 4) is 11.1 Å². The van der Waals surface area contributed by atoms with E-state index in [4.69, 9.17) is 5.73 Å². The molecule has 0 radical (unpaired) electrons. The predicted molar refractivity (Wildman–Crippen MR) is 138 cm³/mol. The minimum atomic E-state index is -3.97. The Hall–Kier alpha value is -3.68. The Morgan fingerprint density at radius 2 is 1.51 bits per heavy atom. The second-order valence-corrected chi connectivity index (χ2v) is 10.2. The van der Waals surface area contributed by atoms with Crippen molar-refractivity contribution >= 4 is 21.4 Å². The molecule has 0 aromatic heterocycles. The third-order valence-corrected chi connectivity index (χ3v) is 7.58. The van der Waals surface area contributed by atoms with Gasteiger partial charge in [-0.3, -0.25) is 4.31 Å². The van der Waals surface area contributed by atoms with Gasteiger partial charge >= 0.3 is 0 Å². The molecule has 0 aliphatic carbocycles. The van der Waals surface area contributed by atoms with Gasteiger partial charge < -0.3 is 10.8 Å². The maximum Gasteiger partial charge on any atom is 0.264 e. The van der Waals surface area contributed by atoms with Crippen LogP contribution in [0.1, 0.15) is 12.0 Å². The summed E-state index contributed by atoms with van der Waals surface area (Å²) in [4.78, 5) is 0.105. The van der Waals surface area contributed by atoms with Crippen molar-refractivity contribution < 1.29 is 17.9 Å². The van der Waals surface area contributed by atoms with E-state index < -0.39 is 16.1 Å². The molecule has 1 atom stereocenters. The molecule has 0 saturated heterocycles. The lowest BCUT2D eigenvalue weighted by molar-refractivity contribution is 0.168. The van der Waals surface area contributed by atoms with Crippen LogP contribution < -0.4 is 10.0 Å². The number of nitrogens with zero attached hydrogens (tertiary/aromatic N) is 1. The van der Waals surface area contributed by atoms with E-state index in [9.17, 15) is 17.9 Å². The Balaban J connectivity index is 1.62. The van der Waals surface area contributed by atoms with Gasteiger partial charge in [-0.2, -0.15) is 0 Å². The van der Waals surface area contributed by atoms with Crippen molar-refractivity contribution in [3.63, 3.8) is 0 Å². The topological polar surface area (TPSA) is 83.6 Å². The summed E-state index contributed by atoms with van der Waals surface area (Å²) in [5.74, 6) is -0.360. The van der Waals surface area contributed by atoms with Gasteiger partial charge in [-0.05, 0) is 78.1 Å². The van der Waals surface area contributed by atoms with Gasteiger partial charge in [0, 0.05) is 12.2 Å². The molecule has 3 N–H and O–H groups in total. The van der Waals surface area contributed by atoms with Crippen molar-refractivity contribution in [1.29, 1.82) is 0 Å². The number of rotatable bonds is 9. The van der Waals surface area contributed by atoms with E-state index in [2.05, 4.69) is 0 Å². The minimum Gasteiger partial charge on any atom is -0.399 e. The smallest absolute Gasteiger partial charge is 0.264 e. The summed E-state index contributed by atoms with van der Waals surface area (Å²) < 4.78 is 42.2. The zero-order chi connectivity index (χ0) is 24.8. The monoisotopic (exact) mass is 490 g/mol. The molecule has 0 spiro atoms. The largest absolute Gasteiger partial charge is 0.399 e. The number of benzene rings is 4. The first-order valence-corrected chi connectivity index (χ1v) is 12.7. The van der Waals surface area contributed by atoms with Gasteiger partial charge in [0.2, 0.25) is 0 Å².